The molecule has 0 aliphatic carbocycles. The van der Waals surface area contributed by atoms with Gasteiger partial charge >= 0.3 is 12.5 Å². The van der Waals surface area contributed by atoms with Crippen LogP contribution in [0.3, 0.4) is 0 Å². The van der Waals surface area contributed by atoms with Gasteiger partial charge in [0.15, 0.2) is 0 Å². The summed E-state index contributed by atoms with van der Waals surface area (Å²) in [6.07, 6.45) is -6.96. The Hall–Kier alpha value is -4.02. The fourth-order valence-corrected chi connectivity index (χ4v) is 6.89. The van der Waals surface area contributed by atoms with Crippen LogP contribution in [0, 0.1) is 13.8 Å². The average molecular weight is 699 g/mol. The molecule has 2 aromatic rings. The molecule has 4 N–H and O–H groups in total. The van der Waals surface area contributed by atoms with Gasteiger partial charge in [-0.15, -0.1) is 0 Å². The van der Waals surface area contributed by atoms with Crippen molar-refractivity contribution >= 4 is 33.8 Å². The molecule has 0 saturated carbocycles. The minimum atomic E-state index is -4.80. The SMILES string of the molecule is Cc1cc(C(=O)N2CCC(C)(O)CC2)cc(C)c1C=CS(=O)(=O)N1CCC(NC(=O)c2cccc(OC(F)(F)C(F)F)c2)(C(N)=O)CC1. The number of nitrogens with one attached hydrogen (secondary N) is 1. The number of alkyl halides is 4. The third-order valence-electron chi connectivity index (χ3n) is 8.74. The van der Waals surface area contributed by atoms with Crippen molar-refractivity contribution in [2.24, 2.45) is 5.73 Å². The van der Waals surface area contributed by atoms with Crippen LogP contribution in [0.1, 0.15) is 70.0 Å². The smallest absolute Gasteiger partial charge is 0.428 e. The van der Waals surface area contributed by atoms with Crippen LogP contribution in [0.4, 0.5) is 17.6 Å². The van der Waals surface area contributed by atoms with E-state index in [9.17, 15) is 45.5 Å². The molecule has 2 aromatic carbocycles. The number of likely N-dealkylation sites (tertiary alicyclic amines) is 1. The lowest BCUT2D eigenvalue weighted by molar-refractivity contribution is -0.253. The van der Waals surface area contributed by atoms with E-state index in [1.54, 1.807) is 37.8 Å². The number of nitrogens with zero attached hydrogens (tertiary/aromatic N) is 2. The fourth-order valence-electron chi connectivity index (χ4n) is 5.72. The van der Waals surface area contributed by atoms with Gasteiger partial charge in [-0.1, -0.05) is 6.07 Å². The van der Waals surface area contributed by atoms with Gasteiger partial charge in [-0.3, -0.25) is 14.4 Å². The minimum Gasteiger partial charge on any atom is -0.428 e. The second-order valence-electron chi connectivity index (χ2n) is 12.5. The quantitative estimate of drug-likeness (QED) is 0.320. The summed E-state index contributed by atoms with van der Waals surface area (Å²) in [5.41, 5.74) is 5.25. The summed E-state index contributed by atoms with van der Waals surface area (Å²) in [7, 11) is -4.02. The van der Waals surface area contributed by atoms with Crippen molar-refractivity contribution in [2.45, 2.75) is 70.1 Å². The molecule has 2 heterocycles. The lowest BCUT2D eigenvalue weighted by atomic mass is 9.87. The second-order valence-corrected chi connectivity index (χ2v) is 14.3. The zero-order valence-corrected chi connectivity index (χ0v) is 27.5. The lowest BCUT2D eigenvalue weighted by Crippen LogP contribution is -2.62. The number of primary amides is 1. The van der Waals surface area contributed by atoms with Crippen molar-refractivity contribution in [3.8, 4) is 5.75 Å². The van der Waals surface area contributed by atoms with Crippen LogP contribution < -0.4 is 15.8 Å². The second kappa shape index (κ2) is 13.8. The Kier molecular flexibility index (Phi) is 10.6. The molecule has 262 valence electrons. The van der Waals surface area contributed by atoms with Crippen molar-refractivity contribution < 1.29 is 50.2 Å². The number of sulfonamides is 1. The number of halogens is 4. The minimum absolute atomic E-state index is 0.174. The van der Waals surface area contributed by atoms with Gasteiger partial charge < -0.3 is 25.8 Å². The van der Waals surface area contributed by atoms with E-state index in [1.807, 2.05) is 0 Å². The first-order valence-electron chi connectivity index (χ1n) is 15.1. The summed E-state index contributed by atoms with van der Waals surface area (Å²) in [4.78, 5) is 40.2. The van der Waals surface area contributed by atoms with Gasteiger partial charge in [0.05, 0.1) is 5.60 Å². The fraction of sp³-hybridized carbons (Fsp3) is 0.469. The van der Waals surface area contributed by atoms with E-state index in [4.69, 9.17) is 5.73 Å². The summed E-state index contributed by atoms with van der Waals surface area (Å²) in [5.74, 6) is -2.77. The number of carbonyl (C=O) groups excluding carboxylic acids is 3. The van der Waals surface area contributed by atoms with Crippen molar-refractivity contribution in [2.75, 3.05) is 26.2 Å². The molecular formula is C32H38F4N4O7S. The Morgan fingerprint density at radius 3 is 2.12 bits per heavy atom. The van der Waals surface area contributed by atoms with Gasteiger partial charge in [0, 0.05) is 42.7 Å². The highest BCUT2D eigenvalue weighted by Crippen LogP contribution is 2.30. The summed E-state index contributed by atoms with van der Waals surface area (Å²) in [6.45, 7) is 5.70. The molecule has 4 rings (SSSR count). The van der Waals surface area contributed by atoms with Gasteiger partial charge in [-0.25, -0.2) is 8.42 Å². The highest BCUT2D eigenvalue weighted by atomic mass is 32.2. The molecule has 2 fully saturated rings. The Labute approximate surface area is 275 Å². The third-order valence-corrected chi connectivity index (χ3v) is 10.3. The first-order chi connectivity index (χ1) is 22.3. The van der Waals surface area contributed by atoms with Crippen molar-refractivity contribution in [3.63, 3.8) is 0 Å². The molecule has 0 bridgehead atoms. The first kappa shape index (κ1) is 36.8. The standard InChI is InChI=1S/C32H38F4N4O7S/c1-20-17-23(27(42)39-12-8-30(3,44)9-13-39)18-21(2)25(20)7-16-48(45,46)40-14-10-31(11-15-40,29(37)43)38-26(41)22-5-4-6-24(19-22)47-32(35,36)28(33)34/h4-7,16-19,28,44H,8-15H2,1-3H3,(H2,37,43)(H,38,41). The zero-order chi connectivity index (χ0) is 35.7. The maximum Gasteiger partial charge on any atom is 0.461 e. The molecule has 0 aromatic heterocycles. The van der Waals surface area contributed by atoms with E-state index >= 15 is 0 Å². The molecule has 11 nitrogen and oxygen atoms in total. The number of benzene rings is 2. The van der Waals surface area contributed by atoms with Crippen LogP contribution in [-0.4, -0.2) is 90.3 Å². The Morgan fingerprint density at radius 2 is 1.58 bits per heavy atom. The molecule has 2 aliphatic heterocycles. The predicted octanol–water partition coefficient (Wildman–Crippen LogP) is 3.58. The number of ether oxygens (including phenoxy) is 1. The number of hydrogen-bond acceptors (Lipinski definition) is 7. The van der Waals surface area contributed by atoms with Crippen LogP contribution in [0.15, 0.2) is 41.8 Å². The average Bonchev–Trinajstić information content (AvgIpc) is 3.00. The number of amides is 3. The Morgan fingerprint density at radius 1 is 1.00 bits per heavy atom. The van der Waals surface area contributed by atoms with Gasteiger partial charge in [-0.05, 0) is 99.6 Å². The predicted molar refractivity (Wildman–Crippen MR) is 168 cm³/mol. The maximum absolute atomic E-state index is 13.3. The van der Waals surface area contributed by atoms with Crippen molar-refractivity contribution in [1.29, 1.82) is 0 Å². The zero-order valence-electron chi connectivity index (χ0n) is 26.6. The van der Waals surface area contributed by atoms with E-state index in [0.29, 0.717) is 48.2 Å². The van der Waals surface area contributed by atoms with Gasteiger partial charge in [0.2, 0.25) is 15.9 Å². The molecule has 0 atom stereocenters. The van der Waals surface area contributed by atoms with Crippen LogP contribution in [0.25, 0.3) is 6.08 Å². The van der Waals surface area contributed by atoms with Crippen molar-refractivity contribution in [3.05, 3.63) is 69.6 Å². The Balaban J connectivity index is 1.42. The molecule has 3 amide bonds. The van der Waals surface area contributed by atoms with Gasteiger partial charge in [0.25, 0.3) is 11.8 Å². The number of nitrogens with two attached hydrogens (primary N) is 1. The lowest BCUT2D eigenvalue weighted by Gasteiger charge is -2.39. The van der Waals surface area contributed by atoms with E-state index in [2.05, 4.69) is 10.1 Å². The molecule has 48 heavy (non-hydrogen) atoms. The van der Waals surface area contributed by atoms with E-state index in [-0.39, 0.29) is 37.4 Å². The number of aryl methyl sites for hydroxylation is 2. The molecule has 0 radical (unpaired) electrons. The number of aliphatic hydroxyl groups is 1. The Bertz CT molecular complexity index is 1670. The van der Waals surface area contributed by atoms with Gasteiger partial charge in [0.1, 0.15) is 11.3 Å². The number of piperidine rings is 2. The van der Waals surface area contributed by atoms with Crippen LogP contribution in [0.5, 0.6) is 5.75 Å². The van der Waals surface area contributed by atoms with Gasteiger partial charge in [-0.2, -0.15) is 21.9 Å². The first-order valence-corrected chi connectivity index (χ1v) is 16.6. The number of rotatable bonds is 10. The molecule has 2 aliphatic rings. The highest BCUT2D eigenvalue weighted by molar-refractivity contribution is 7.92. The summed E-state index contributed by atoms with van der Waals surface area (Å²) < 4.78 is 83.4. The molecular weight excluding hydrogens is 660 g/mol. The summed E-state index contributed by atoms with van der Waals surface area (Å²) >= 11 is 0. The topological polar surface area (TPSA) is 159 Å². The number of carbonyl (C=O) groups is 3. The molecule has 0 unspecified atom stereocenters. The van der Waals surface area contributed by atoms with E-state index < -0.39 is 51.3 Å². The summed E-state index contributed by atoms with van der Waals surface area (Å²) in [5, 5.41) is 13.7. The number of hydrogen-bond donors (Lipinski definition) is 3. The van der Waals surface area contributed by atoms with Crippen LogP contribution in [0.2, 0.25) is 0 Å². The molecule has 2 saturated heterocycles. The van der Waals surface area contributed by atoms with E-state index in [1.165, 1.54) is 12.1 Å². The van der Waals surface area contributed by atoms with Crippen LogP contribution >= 0.6 is 0 Å². The molecule has 0 spiro atoms. The van der Waals surface area contributed by atoms with Crippen molar-refractivity contribution in [1.82, 2.24) is 14.5 Å². The third kappa shape index (κ3) is 8.33. The highest BCUT2D eigenvalue weighted by Gasteiger charge is 2.45. The monoisotopic (exact) mass is 698 g/mol. The molecule has 16 heteroatoms. The normalized spacial score (nSPS) is 18.6. The van der Waals surface area contributed by atoms with Crippen LogP contribution in [-0.2, 0) is 14.8 Å². The van der Waals surface area contributed by atoms with E-state index in [0.717, 1.165) is 27.9 Å². The summed E-state index contributed by atoms with van der Waals surface area (Å²) in [6, 6.07) is 7.44. The largest absolute Gasteiger partial charge is 0.461 e. The maximum atomic E-state index is 13.3.